The van der Waals surface area contributed by atoms with Crippen LogP contribution in [0.3, 0.4) is 0 Å². The number of hydrogen-bond donors (Lipinski definition) is 3. The van der Waals surface area contributed by atoms with Gasteiger partial charge in [-0.25, -0.2) is 4.79 Å². The molecule has 0 aliphatic heterocycles. The van der Waals surface area contributed by atoms with Crippen LogP contribution < -0.4 is 10.6 Å². The smallest absolute Gasteiger partial charge is 0.319 e. The lowest BCUT2D eigenvalue weighted by Crippen LogP contribution is -2.35. The predicted octanol–water partition coefficient (Wildman–Crippen LogP) is 3.63. The summed E-state index contributed by atoms with van der Waals surface area (Å²) in [7, 11) is 0. The zero-order valence-electron chi connectivity index (χ0n) is 12.3. The number of aliphatic carboxylic acids is 1. The molecule has 6 heteroatoms. The molecule has 2 amide bonds. The predicted molar refractivity (Wildman–Crippen MR) is 86.6 cm³/mol. The van der Waals surface area contributed by atoms with Gasteiger partial charge in [-0.1, -0.05) is 36.2 Å². The lowest BCUT2D eigenvalue weighted by atomic mass is 10.0. The van der Waals surface area contributed by atoms with Gasteiger partial charge in [0, 0.05) is 16.7 Å². The summed E-state index contributed by atoms with van der Waals surface area (Å²) in [5.74, 6) is -1.42. The molecular weight excluding hydrogens is 336 g/mol. The van der Waals surface area contributed by atoms with Crippen molar-refractivity contribution in [3.05, 3.63) is 28.2 Å². The molecule has 0 saturated heterocycles. The number of carboxylic acid groups (broad SMARTS) is 1. The Balaban J connectivity index is 2.59. The Morgan fingerprint density at radius 1 is 1.33 bits per heavy atom. The van der Waals surface area contributed by atoms with Crippen molar-refractivity contribution in [1.29, 1.82) is 0 Å². The number of anilines is 1. The Morgan fingerprint density at radius 2 is 2.05 bits per heavy atom. The average molecular weight is 357 g/mol. The number of rotatable bonds is 7. The van der Waals surface area contributed by atoms with Gasteiger partial charge in [0.15, 0.2) is 0 Å². The molecule has 1 rings (SSSR count). The fourth-order valence-corrected chi connectivity index (χ4v) is 2.43. The number of urea groups is 1. The summed E-state index contributed by atoms with van der Waals surface area (Å²) in [5.41, 5.74) is 1.75. The minimum absolute atomic E-state index is 0.132. The van der Waals surface area contributed by atoms with Crippen LogP contribution in [-0.2, 0) is 11.2 Å². The molecule has 0 radical (unpaired) electrons. The molecule has 0 spiro atoms. The number of nitrogens with one attached hydrogen (secondary N) is 2. The van der Waals surface area contributed by atoms with E-state index in [2.05, 4.69) is 26.6 Å². The maximum atomic E-state index is 11.9. The van der Waals surface area contributed by atoms with Crippen molar-refractivity contribution in [2.45, 2.75) is 33.1 Å². The van der Waals surface area contributed by atoms with Crippen LogP contribution in [-0.4, -0.2) is 23.7 Å². The van der Waals surface area contributed by atoms with E-state index in [1.54, 1.807) is 0 Å². The Labute approximate surface area is 133 Å². The molecule has 1 aromatic rings. The number of carbonyl (C=O) groups excluding carboxylic acids is 1. The van der Waals surface area contributed by atoms with Crippen LogP contribution in [0.4, 0.5) is 10.5 Å². The van der Waals surface area contributed by atoms with Crippen molar-refractivity contribution in [1.82, 2.24) is 5.32 Å². The maximum Gasteiger partial charge on any atom is 0.319 e. The summed E-state index contributed by atoms with van der Waals surface area (Å²) in [6.45, 7) is 4.06. The number of halogens is 1. The highest BCUT2D eigenvalue weighted by Gasteiger charge is 2.17. The molecule has 116 valence electrons. The van der Waals surface area contributed by atoms with Crippen LogP contribution in [0, 0.1) is 5.92 Å². The topological polar surface area (TPSA) is 78.4 Å². The van der Waals surface area contributed by atoms with Gasteiger partial charge in [-0.05, 0) is 36.6 Å². The van der Waals surface area contributed by atoms with Gasteiger partial charge in [0.05, 0.1) is 5.92 Å². The fourth-order valence-electron chi connectivity index (χ4n) is 2.02. The molecule has 0 aliphatic rings. The second-order valence-corrected chi connectivity index (χ2v) is 5.73. The lowest BCUT2D eigenvalue weighted by Gasteiger charge is -2.14. The summed E-state index contributed by atoms with van der Waals surface area (Å²) >= 11 is 3.39. The van der Waals surface area contributed by atoms with E-state index in [1.165, 1.54) is 0 Å². The van der Waals surface area contributed by atoms with Gasteiger partial charge in [0.2, 0.25) is 0 Å². The number of benzene rings is 1. The highest BCUT2D eigenvalue weighted by atomic mass is 79.9. The molecule has 0 fully saturated rings. The highest BCUT2D eigenvalue weighted by Crippen LogP contribution is 2.21. The third kappa shape index (κ3) is 5.75. The quantitative estimate of drug-likeness (QED) is 0.697. The van der Waals surface area contributed by atoms with Crippen LogP contribution in [0.2, 0.25) is 0 Å². The molecule has 0 heterocycles. The lowest BCUT2D eigenvalue weighted by molar-refractivity contribution is -0.141. The van der Waals surface area contributed by atoms with Crippen LogP contribution >= 0.6 is 15.9 Å². The van der Waals surface area contributed by atoms with Gasteiger partial charge in [0.1, 0.15) is 0 Å². The summed E-state index contributed by atoms with van der Waals surface area (Å²) in [6.07, 6.45) is 2.11. The number of carbonyl (C=O) groups is 2. The van der Waals surface area contributed by atoms with E-state index >= 15 is 0 Å². The average Bonchev–Trinajstić information content (AvgIpc) is 2.44. The number of carboxylic acids is 1. The van der Waals surface area contributed by atoms with Crippen molar-refractivity contribution in [3.8, 4) is 0 Å². The normalized spacial score (nSPS) is 11.8. The SMILES string of the molecule is CCCC(CNC(=O)Nc1ccc(Br)cc1CC)C(=O)O. The fraction of sp³-hybridized carbons (Fsp3) is 0.467. The largest absolute Gasteiger partial charge is 0.481 e. The van der Waals surface area contributed by atoms with E-state index in [0.717, 1.165) is 28.6 Å². The molecule has 0 bridgehead atoms. The molecule has 3 N–H and O–H groups in total. The molecule has 21 heavy (non-hydrogen) atoms. The summed E-state index contributed by atoms with van der Waals surface area (Å²) in [4.78, 5) is 22.9. The zero-order valence-corrected chi connectivity index (χ0v) is 13.9. The Kier molecular flexibility index (Phi) is 7.22. The van der Waals surface area contributed by atoms with E-state index in [9.17, 15) is 9.59 Å². The molecule has 5 nitrogen and oxygen atoms in total. The minimum Gasteiger partial charge on any atom is -0.481 e. The van der Waals surface area contributed by atoms with Crippen molar-refractivity contribution in [2.75, 3.05) is 11.9 Å². The van der Waals surface area contributed by atoms with Gasteiger partial charge in [-0.15, -0.1) is 0 Å². The second-order valence-electron chi connectivity index (χ2n) is 4.81. The van der Waals surface area contributed by atoms with E-state index in [-0.39, 0.29) is 12.6 Å². The Morgan fingerprint density at radius 3 is 2.62 bits per heavy atom. The Hall–Kier alpha value is -1.56. The van der Waals surface area contributed by atoms with Gasteiger partial charge in [-0.3, -0.25) is 4.79 Å². The first kappa shape index (κ1) is 17.5. The van der Waals surface area contributed by atoms with E-state index < -0.39 is 11.9 Å². The van der Waals surface area contributed by atoms with Gasteiger partial charge in [-0.2, -0.15) is 0 Å². The molecule has 1 aromatic carbocycles. The van der Waals surface area contributed by atoms with E-state index in [4.69, 9.17) is 5.11 Å². The number of amides is 2. The van der Waals surface area contributed by atoms with Gasteiger partial charge in [0.25, 0.3) is 0 Å². The third-order valence-electron chi connectivity index (χ3n) is 3.19. The van der Waals surface area contributed by atoms with Gasteiger partial charge >= 0.3 is 12.0 Å². The minimum atomic E-state index is -0.880. The molecule has 0 aliphatic carbocycles. The van der Waals surface area contributed by atoms with E-state index in [1.807, 2.05) is 32.0 Å². The number of hydrogen-bond acceptors (Lipinski definition) is 2. The van der Waals surface area contributed by atoms with Crippen LogP contribution in [0.1, 0.15) is 32.3 Å². The molecule has 1 unspecified atom stereocenters. The van der Waals surface area contributed by atoms with Crippen molar-refractivity contribution in [3.63, 3.8) is 0 Å². The summed E-state index contributed by atoms with van der Waals surface area (Å²) in [5, 5.41) is 14.4. The van der Waals surface area contributed by atoms with Crippen LogP contribution in [0.15, 0.2) is 22.7 Å². The third-order valence-corrected chi connectivity index (χ3v) is 3.69. The first-order valence-corrected chi connectivity index (χ1v) is 7.83. The standard InChI is InChI=1S/C15H21BrN2O3/c1-3-5-11(14(19)20)9-17-15(21)18-13-7-6-12(16)8-10(13)4-2/h6-8,11H,3-5,9H2,1-2H3,(H,19,20)(H2,17,18,21). The second kappa shape index (κ2) is 8.67. The molecule has 0 saturated carbocycles. The molecular formula is C15H21BrN2O3. The Bertz CT molecular complexity index is 506. The summed E-state index contributed by atoms with van der Waals surface area (Å²) < 4.78 is 0.958. The van der Waals surface area contributed by atoms with Crippen LogP contribution in [0.25, 0.3) is 0 Å². The van der Waals surface area contributed by atoms with Crippen LogP contribution in [0.5, 0.6) is 0 Å². The zero-order chi connectivity index (χ0) is 15.8. The van der Waals surface area contributed by atoms with E-state index in [0.29, 0.717) is 6.42 Å². The van der Waals surface area contributed by atoms with Crippen molar-refractivity contribution in [2.24, 2.45) is 5.92 Å². The first-order chi connectivity index (χ1) is 9.97. The summed E-state index contributed by atoms with van der Waals surface area (Å²) in [6, 6.07) is 5.25. The maximum absolute atomic E-state index is 11.9. The first-order valence-electron chi connectivity index (χ1n) is 7.04. The monoisotopic (exact) mass is 356 g/mol. The molecule has 0 aromatic heterocycles. The molecule has 1 atom stereocenters. The number of aryl methyl sites for hydroxylation is 1. The highest BCUT2D eigenvalue weighted by molar-refractivity contribution is 9.10. The van der Waals surface area contributed by atoms with Gasteiger partial charge < -0.3 is 15.7 Å². The van der Waals surface area contributed by atoms with Crippen molar-refractivity contribution < 1.29 is 14.7 Å². The van der Waals surface area contributed by atoms with Crippen molar-refractivity contribution >= 4 is 33.6 Å².